The van der Waals surface area contributed by atoms with E-state index in [1.54, 1.807) is 0 Å². The van der Waals surface area contributed by atoms with Crippen molar-refractivity contribution < 1.29 is 14.6 Å². The summed E-state index contributed by atoms with van der Waals surface area (Å²) < 4.78 is 5.46. The highest BCUT2D eigenvalue weighted by Crippen LogP contribution is 2.27. The summed E-state index contributed by atoms with van der Waals surface area (Å²) in [4.78, 5) is 17.5. The molecule has 5 nitrogen and oxygen atoms in total. The molecule has 2 aromatic rings. The molecule has 4 rings (SSSR count). The third-order valence-electron chi connectivity index (χ3n) is 5.76. The van der Waals surface area contributed by atoms with E-state index in [0.717, 1.165) is 55.8 Å². The maximum atomic E-state index is 13.2. The number of nitrogens with zero attached hydrogens (tertiary/aromatic N) is 2. The monoisotopic (exact) mass is 380 g/mol. The van der Waals surface area contributed by atoms with E-state index in [1.807, 2.05) is 41.3 Å². The fourth-order valence-corrected chi connectivity index (χ4v) is 4.28. The van der Waals surface area contributed by atoms with E-state index >= 15 is 0 Å². The molecule has 0 aliphatic carbocycles. The molecule has 1 amide bonds. The van der Waals surface area contributed by atoms with Crippen molar-refractivity contribution in [2.45, 2.75) is 19.4 Å². The van der Waals surface area contributed by atoms with Crippen molar-refractivity contribution in [3.63, 3.8) is 0 Å². The summed E-state index contributed by atoms with van der Waals surface area (Å²) in [6, 6.07) is 16.1. The molecule has 148 valence electrons. The van der Waals surface area contributed by atoms with Crippen molar-refractivity contribution in [1.82, 2.24) is 4.90 Å². The third kappa shape index (κ3) is 4.21. The molecule has 2 fully saturated rings. The standard InChI is InChI=1S/C23H28N2O3/c26-17-20-5-3-4-18(15-20)14-19-8-9-25(16-19)23(27)21-6-1-2-7-22(21)24-10-12-28-13-11-24/h1-7,15,19,26H,8-14,16-17H2/t19-/m0/s1. The van der Waals surface area contributed by atoms with E-state index < -0.39 is 0 Å². The van der Waals surface area contributed by atoms with Crippen LogP contribution in [0.2, 0.25) is 0 Å². The highest BCUT2D eigenvalue weighted by Gasteiger charge is 2.29. The summed E-state index contributed by atoms with van der Waals surface area (Å²) in [6.07, 6.45) is 1.97. The Morgan fingerprint density at radius 2 is 1.82 bits per heavy atom. The molecule has 1 N–H and O–H groups in total. The molecule has 0 unspecified atom stereocenters. The number of hydrogen-bond acceptors (Lipinski definition) is 4. The molecule has 2 heterocycles. The lowest BCUT2D eigenvalue weighted by Crippen LogP contribution is -2.38. The lowest BCUT2D eigenvalue weighted by Gasteiger charge is -2.31. The van der Waals surface area contributed by atoms with E-state index in [2.05, 4.69) is 17.0 Å². The second-order valence-electron chi connectivity index (χ2n) is 7.70. The minimum atomic E-state index is 0.0709. The molecule has 2 aliphatic heterocycles. The zero-order valence-corrected chi connectivity index (χ0v) is 16.2. The van der Waals surface area contributed by atoms with Crippen molar-refractivity contribution in [3.05, 3.63) is 65.2 Å². The van der Waals surface area contributed by atoms with Crippen LogP contribution in [0.5, 0.6) is 0 Å². The normalized spacial score (nSPS) is 19.8. The van der Waals surface area contributed by atoms with Crippen LogP contribution in [-0.2, 0) is 17.8 Å². The van der Waals surface area contributed by atoms with Crippen molar-refractivity contribution in [1.29, 1.82) is 0 Å². The number of benzene rings is 2. The van der Waals surface area contributed by atoms with Gasteiger partial charge in [0, 0.05) is 31.9 Å². The Morgan fingerprint density at radius 1 is 1.04 bits per heavy atom. The first-order valence-corrected chi connectivity index (χ1v) is 10.1. The number of para-hydroxylation sites is 1. The number of anilines is 1. The maximum Gasteiger partial charge on any atom is 0.255 e. The van der Waals surface area contributed by atoms with Gasteiger partial charge in [0.2, 0.25) is 0 Å². The molecule has 2 saturated heterocycles. The molecular formula is C23H28N2O3. The molecule has 0 saturated carbocycles. The van der Waals surface area contributed by atoms with Gasteiger partial charge in [0.05, 0.1) is 25.4 Å². The molecule has 0 aromatic heterocycles. The molecule has 2 aromatic carbocycles. The van der Waals surface area contributed by atoms with Gasteiger partial charge < -0.3 is 19.6 Å². The van der Waals surface area contributed by atoms with Gasteiger partial charge in [-0.25, -0.2) is 0 Å². The number of ether oxygens (including phenoxy) is 1. The van der Waals surface area contributed by atoms with E-state index in [1.165, 1.54) is 5.56 Å². The lowest BCUT2D eigenvalue weighted by molar-refractivity contribution is 0.0786. The van der Waals surface area contributed by atoms with Crippen molar-refractivity contribution >= 4 is 11.6 Å². The van der Waals surface area contributed by atoms with Crippen LogP contribution in [0.1, 0.15) is 27.9 Å². The Labute approximate surface area is 166 Å². The number of amides is 1. The first-order valence-electron chi connectivity index (χ1n) is 10.1. The van der Waals surface area contributed by atoms with Crippen LogP contribution in [-0.4, -0.2) is 55.3 Å². The smallest absolute Gasteiger partial charge is 0.255 e. The number of hydrogen-bond donors (Lipinski definition) is 1. The lowest BCUT2D eigenvalue weighted by atomic mass is 9.97. The molecule has 5 heteroatoms. The van der Waals surface area contributed by atoms with Crippen LogP contribution < -0.4 is 4.90 Å². The second-order valence-corrected chi connectivity index (χ2v) is 7.70. The molecule has 0 radical (unpaired) electrons. The Bertz CT molecular complexity index is 817. The number of morpholine rings is 1. The SMILES string of the molecule is O=C(c1ccccc1N1CCOCC1)N1CC[C@@H](Cc2cccc(CO)c2)C1. The Kier molecular flexibility index (Phi) is 5.93. The van der Waals surface area contributed by atoms with Gasteiger partial charge >= 0.3 is 0 Å². The number of carbonyl (C=O) groups is 1. The van der Waals surface area contributed by atoms with Crippen molar-refractivity contribution in [2.24, 2.45) is 5.92 Å². The Hall–Kier alpha value is -2.37. The first kappa shape index (κ1) is 19.0. The highest BCUT2D eigenvalue weighted by atomic mass is 16.5. The number of rotatable bonds is 5. The summed E-state index contributed by atoms with van der Waals surface area (Å²) in [6.45, 7) is 4.74. The minimum absolute atomic E-state index is 0.0709. The van der Waals surface area contributed by atoms with Gasteiger partial charge in [0.1, 0.15) is 0 Å². The average molecular weight is 380 g/mol. The van der Waals surface area contributed by atoms with Crippen molar-refractivity contribution in [3.8, 4) is 0 Å². The first-order chi connectivity index (χ1) is 13.7. The van der Waals surface area contributed by atoms with Crippen LogP contribution in [0, 0.1) is 5.92 Å². The summed E-state index contributed by atoms with van der Waals surface area (Å²) in [5, 5.41) is 9.33. The number of aliphatic hydroxyl groups is 1. The summed E-state index contributed by atoms with van der Waals surface area (Å²) in [5.74, 6) is 0.599. The van der Waals surface area contributed by atoms with Gasteiger partial charge in [-0.3, -0.25) is 4.79 Å². The van der Waals surface area contributed by atoms with Gasteiger partial charge in [-0.2, -0.15) is 0 Å². The fourth-order valence-electron chi connectivity index (χ4n) is 4.28. The maximum absolute atomic E-state index is 13.2. The summed E-state index contributed by atoms with van der Waals surface area (Å²) >= 11 is 0. The third-order valence-corrected chi connectivity index (χ3v) is 5.76. The summed E-state index contributed by atoms with van der Waals surface area (Å²) in [5.41, 5.74) is 4.00. The van der Waals surface area contributed by atoms with Gasteiger partial charge in [-0.1, -0.05) is 36.4 Å². The van der Waals surface area contributed by atoms with Crippen LogP contribution >= 0.6 is 0 Å². The van der Waals surface area contributed by atoms with Crippen LogP contribution in [0.4, 0.5) is 5.69 Å². The molecular weight excluding hydrogens is 352 g/mol. The zero-order chi connectivity index (χ0) is 19.3. The van der Waals surface area contributed by atoms with E-state index in [4.69, 9.17) is 4.74 Å². The molecule has 28 heavy (non-hydrogen) atoms. The van der Waals surface area contributed by atoms with Crippen LogP contribution in [0.15, 0.2) is 48.5 Å². The second kappa shape index (κ2) is 8.76. The molecule has 0 spiro atoms. The van der Waals surface area contributed by atoms with Crippen LogP contribution in [0.25, 0.3) is 0 Å². The van der Waals surface area contributed by atoms with Gasteiger partial charge in [-0.05, 0) is 42.0 Å². The molecule has 0 bridgehead atoms. The van der Waals surface area contributed by atoms with Crippen molar-refractivity contribution in [2.75, 3.05) is 44.3 Å². The number of carbonyl (C=O) groups excluding carboxylic acids is 1. The topological polar surface area (TPSA) is 53.0 Å². The number of likely N-dealkylation sites (tertiary alicyclic amines) is 1. The van der Waals surface area contributed by atoms with E-state index in [-0.39, 0.29) is 12.5 Å². The molecule has 2 aliphatic rings. The number of aliphatic hydroxyl groups excluding tert-OH is 1. The quantitative estimate of drug-likeness (QED) is 0.867. The average Bonchev–Trinajstić information content (AvgIpc) is 3.22. The predicted octanol–water partition coefficient (Wildman–Crippen LogP) is 2.72. The van der Waals surface area contributed by atoms with E-state index in [0.29, 0.717) is 19.1 Å². The zero-order valence-electron chi connectivity index (χ0n) is 16.2. The highest BCUT2D eigenvalue weighted by molar-refractivity contribution is 6.00. The summed E-state index contributed by atoms with van der Waals surface area (Å²) in [7, 11) is 0. The Balaban J connectivity index is 1.43. The van der Waals surface area contributed by atoms with Gasteiger partial charge in [0.25, 0.3) is 5.91 Å². The fraction of sp³-hybridized carbons (Fsp3) is 0.435. The van der Waals surface area contributed by atoms with Crippen LogP contribution in [0.3, 0.4) is 0 Å². The predicted molar refractivity (Wildman–Crippen MR) is 110 cm³/mol. The van der Waals surface area contributed by atoms with E-state index in [9.17, 15) is 9.90 Å². The van der Waals surface area contributed by atoms with Gasteiger partial charge in [0.15, 0.2) is 0 Å². The van der Waals surface area contributed by atoms with Gasteiger partial charge in [-0.15, -0.1) is 0 Å². The molecule has 1 atom stereocenters. The largest absolute Gasteiger partial charge is 0.392 e. The minimum Gasteiger partial charge on any atom is -0.392 e. The Morgan fingerprint density at radius 3 is 2.64 bits per heavy atom.